The first-order chi connectivity index (χ1) is 10.2. The Morgan fingerprint density at radius 3 is 2.73 bits per heavy atom. The van der Waals surface area contributed by atoms with Gasteiger partial charge < -0.3 is 5.32 Å². The van der Waals surface area contributed by atoms with Gasteiger partial charge in [-0.3, -0.25) is 4.79 Å². The van der Waals surface area contributed by atoms with Gasteiger partial charge >= 0.3 is 0 Å². The molecule has 0 aliphatic rings. The van der Waals surface area contributed by atoms with Gasteiger partial charge in [-0.1, -0.05) is 32.4 Å². The lowest BCUT2D eigenvalue weighted by molar-refractivity contribution is 0.0954. The Bertz CT molecular complexity index is 712. The largest absolute Gasteiger partial charge is 0.347 e. The van der Waals surface area contributed by atoms with Crippen LogP contribution in [0.1, 0.15) is 41.0 Å². The van der Waals surface area contributed by atoms with Crippen molar-refractivity contribution in [3.05, 3.63) is 49.1 Å². The minimum atomic E-state index is -0.415. The molecule has 118 valence electrons. The van der Waals surface area contributed by atoms with E-state index in [1.807, 2.05) is 20.8 Å². The number of hydrogen-bond acceptors (Lipinski definition) is 3. The molecule has 0 saturated heterocycles. The molecular formula is C15H15BrClFN2OS. The third-order valence-corrected chi connectivity index (χ3v) is 5.28. The highest BCUT2D eigenvalue weighted by molar-refractivity contribution is 9.10. The first kappa shape index (κ1) is 17.4. The molecule has 0 radical (unpaired) electrons. The SMILES string of the molecule is CC(C)(C)c1ncc(C(=O)NCc2cc(F)c(Br)cc2Cl)s1. The van der Waals surface area contributed by atoms with Crippen LogP contribution in [0.5, 0.6) is 0 Å². The fraction of sp³-hybridized carbons (Fsp3) is 0.333. The molecule has 3 nitrogen and oxygen atoms in total. The van der Waals surface area contributed by atoms with Crippen LogP contribution >= 0.6 is 38.9 Å². The smallest absolute Gasteiger partial charge is 0.263 e. The number of carbonyl (C=O) groups excluding carboxylic acids is 1. The lowest BCUT2D eigenvalue weighted by atomic mass is 9.98. The molecule has 1 aromatic heterocycles. The Kier molecular flexibility index (Phi) is 5.25. The molecule has 1 aromatic carbocycles. The van der Waals surface area contributed by atoms with Crippen LogP contribution in [0.4, 0.5) is 4.39 Å². The van der Waals surface area contributed by atoms with Crippen LogP contribution in [-0.4, -0.2) is 10.9 Å². The van der Waals surface area contributed by atoms with Crippen molar-refractivity contribution < 1.29 is 9.18 Å². The number of amides is 1. The number of thiazole rings is 1. The predicted molar refractivity (Wildman–Crippen MR) is 91.1 cm³/mol. The summed E-state index contributed by atoms with van der Waals surface area (Å²) in [5.74, 6) is -0.658. The van der Waals surface area contributed by atoms with E-state index >= 15 is 0 Å². The van der Waals surface area contributed by atoms with Gasteiger partial charge in [0.2, 0.25) is 0 Å². The van der Waals surface area contributed by atoms with Gasteiger partial charge in [0.15, 0.2) is 0 Å². The summed E-state index contributed by atoms with van der Waals surface area (Å²) in [6.45, 7) is 6.28. The predicted octanol–water partition coefficient (Wildman–Crippen LogP) is 4.93. The zero-order valence-corrected chi connectivity index (χ0v) is 15.5. The van der Waals surface area contributed by atoms with Gasteiger partial charge in [-0.25, -0.2) is 9.37 Å². The molecule has 1 heterocycles. The summed E-state index contributed by atoms with van der Waals surface area (Å²) in [4.78, 5) is 16.9. The summed E-state index contributed by atoms with van der Waals surface area (Å²) in [6, 6.07) is 2.78. The fourth-order valence-electron chi connectivity index (χ4n) is 1.69. The van der Waals surface area contributed by atoms with Crippen LogP contribution in [-0.2, 0) is 12.0 Å². The van der Waals surface area contributed by atoms with E-state index in [2.05, 4.69) is 26.2 Å². The average molecular weight is 406 g/mol. The van der Waals surface area contributed by atoms with Crippen LogP contribution in [0.3, 0.4) is 0 Å². The molecule has 0 atom stereocenters. The van der Waals surface area contributed by atoms with Gasteiger partial charge in [0.05, 0.1) is 15.7 Å². The van der Waals surface area contributed by atoms with Crippen molar-refractivity contribution in [2.24, 2.45) is 0 Å². The van der Waals surface area contributed by atoms with Crippen molar-refractivity contribution in [2.45, 2.75) is 32.7 Å². The quantitative estimate of drug-likeness (QED) is 0.736. The molecule has 0 aliphatic carbocycles. The number of halogens is 3. The first-order valence-electron chi connectivity index (χ1n) is 6.56. The van der Waals surface area contributed by atoms with E-state index in [0.717, 1.165) is 5.01 Å². The van der Waals surface area contributed by atoms with Crippen LogP contribution < -0.4 is 5.32 Å². The van der Waals surface area contributed by atoms with Crippen molar-refractivity contribution in [2.75, 3.05) is 0 Å². The molecule has 0 saturated carbocycles. The van der Waals surface area contributed by atoms with Crippen molar-refractivity contribution in [3.8, 4) is 0 Å². The number of aromatic nitrogens is 1. The van der Waals surface area contributed by atoms with Crippen LogP contribution in [0.15, 0.2) is 22.8 Å². The van der Waals surface area contributed by atoms with E-state index in [-0.39, 0.29) is 17.9 Å². The standard InChI is InChI=1S/C15H15BrClFN2OS/c1-15(2,3)14-20-7-12(22-14)13(21)19-6-8-4-11(18)9(16)5-10(8)17/h4-5,7H,6H2,1-3H3,(H,19,21). The van der Waals surface area contributed by atoms with Gasteiger partial charge in [-0.2, -0.15) is 0 Å². The van der Waals surface area contributed by atoms with E-state index in [1.54, 1.807) is 6.20 Å². The Morgan fingerprint density at radius 2 is 2.14 bits per heavy atom. The number of rotatable bonds is 3. The van der Waals surface area contributed by atoms with Crippen LogP contribution in [0.2, 0.25) is 5.02 Å². The maximum atomic E-state index is 13.5. The summed E-state index contributed by atoms with van der Waals surface area (Å²) in [6.07, 6.45) is 1.56. The van der Waals surface area contributed by atoms with E-state index in [1.165, 1.54) is 23.5 Å². The molecule has 2 rings (SSSR count). The zero-order chi connectivity index (χ0) is 16.5. The summed E-state index contributed by atoms with van der Waals surface area (Å²) < 4.78 is 13.8. The van der Waals surface area contributed by atoms with Crippen molar-refractivity contribution >= 4 is 44.8 Å². The number of benzene rings is 1. The average Bonchev–Trinajstić information content (AvgIpc) is 2.90. The molecule has 2 aromatic rings. The molecule has 0 fully saturated rings. The van der Waals surface area contributed by atoms with Crippen molar-refractivity contribution in [1.29, 1.82) is 0 Å². The highest BCUT2D eigenvalue weighted by Crippen LogP contribution is 2.27. The summed E-state index contributed by atoms with van der Waals surface area (Å²) >= 11 is 10.5. The highest BCUT2D eigenvalue weighted by atomic mass is 79.9. The Balaban J connectivity index is 2.07. The van der Waals surface area contributed by atoms with Gasteiger partial charge in [0, 0.05) is 17.0 Å². The highest BCUT2D eigenvalue weighted by Gasteiger charge is 2.20. The lowest BCUT2D eigenvalue weighted by Crippen LogP contribution is -2.22. The molecule has 22 heavy (non-hydrogen) atoms. The van der Waals surface area contributed by atoms with Crippen LogP contribution in [0, 0.1) is 5.82 Å². The second-order valence-electron chi connectivity index (χ2n) is 5.82. The monoisotopic (exact) mass is 404 g/mol. The molecule has 0 spiro atoms. The van der Waals surface area contributed by atoms with Crippen molar-refractivity contribution in [1.82, 2.24) is 10.3 Å². The number of hydrogen-bond donors (Lipinski definition) is 1. The molecular weight excluding hydrogens is 391 g/mol. The molecule has 0 aliphatic heterocycles. The molecule has 1 N–H and O–H groups in total. The minimum absolute atomic E-state index is 0.0959. The van der Waals surface area contributed by atoms with Gasteiger partial charge in [-0.15, -0.1) is 11.3 Å². The first-order valence-corrected chi connectivity index (χ1v) is 8.55. The van der Waals surface area contributed by atoms with E-state index in [9.17, 15) is 9.18 Å². The number of nitrogens with zero attached hydrogens (tertiary/aromatic N) is 1. The molecule has 0 bridgehead atoms. The molecule has 1 amide bonds. The van der Waals surface area contributed by atoms with Gasteiger partial charge in [-0.05, 0) is 33.6 Å². The molecule has 7 heteroatoms. The second-order valence-corrected chi connectivity index (χ2v) is 8.11. The maximum absolute atomic E-state index is 13.5. The number of nitrogens with one attached hydrogen (secondary N) is 1. The van der Waals surface area contributed by atoms with E-state index in [0.29, 0.717) is 19.9 Å². The second kappa shape index (κ2) is 6.64. The maximum Gasteiger partial charge on any atom is 0.263 e. The van der Waals surface area contributed by atoms with E-state index in [4.69, 9.17) is 11.6 Å². The summed E-state index contributed by atoms with van der Waals surface area (Å²) in [5, 5.41) is 4.02. The Hall–Kier alpha value is -0.980. The summed E-state index contributed by atoms with van der Waals surface area (Å²) in [7, 11) is 0. The fourth-order valence-corrected chi connectivity index (χ4v) is 3.28. The zero-order valence-electron chi connectivity index (χ0n) is 12.3. The minimum Gasteiger partial charge on any atom is -0.347 e. The van der Waals surface area contributed by atoms with Gasteiger partial charge in [0.1, 0.15) is 10.7 Å². The molecule has 0 unspecified atom stereocenters. The Labute approximate surface area is 146 Å². The van der Waals surface area contributed by atoms with Gasteiger partial charge in [0.25, 0.3) is 5.91 Å². The summed E-state index contributed by atoms with van der Waals surface area (Å²) in [5.41, 5.74) is 0.428. The lowest BCUT2D eigenvalue weighted by Gasteiger charge is -2.13. The van der Waals surface area contributed by atoms with E-state index < -0.39 is 5.82 Å². The normalized spacial score (nSPS) is 11.5. The topological polar surface area (TPSA) is 42.0 Å². The van der Waals surface area contributed by atoms with Crippen LogP contribution in [0.25, 0.3) is 0 Å². The third-order valence-electron chi connectivity index (χ3n) is 2.90. The Morgan fingerprint density at radius 1 is 1.45 bits per heavy atom. The number of carbonyl (C=O) groups is 1. The van der Waals surface area contributed by atoms with Crippen molar-refractivity contribution in [3.63, 3.8) is 0 Å². The third kappa shape index (κ3) is 4.06.